The van der Waals surface area contributed by atoms with E-state index in [0.717, 1.165) is 11.3 Å². The fraction of sp³-hybridized carbons (Fsp3) is 0.238. The number of aromatic nitrogens is 1. The van der Waals surface area contributed by atoms with Gasteiger partial charge in [-0.2, -0.15) is 0 Å². The minimum Gasteiger partial charge on any atom is -0.493 e. The zero-order valence-electron chi connectivity index (χ0n) is 15.9. The van der Waals surface area contributed by atoms with Gasteiger partial charge in [0.25, 0.3) is 5.91 Å². The van der Waals surface area contributed by atoms with Gasteiger partial charge in [0.15, 0.2) is 11.5 Å². The molecule has 1 heterocycles. The number of aryl methyl sites for hydroxylation is 2. The summed E-state index contributed by atoms with van der Waals surface area (Å²) in [6.45, 7) is 4.17. The topological polar surface area (TPSA) is 73.6 Å². The number of benzene rings is 2. The zero-order valence-corrected chi connectivity index (χ0v) is 15.9. The third-order valence-corrected chi connectivity index (χ3v) is 4.32. The molecule has 0 atom stereocenters. The van der Waals surface area contributed by atoms with Crippen molar-refractivity contribution in [3.63, 3.8) is 0 Å². The van der Waals surface area contributed by atoms with Crippen LogP contribution in [0.3, 0.4) is 0 Å². The molecule has 0 saturated heterocycles. The minimum absolute atomic E-state index is 0.225. The lowest BCUT2D eigenvalue weighted by Gasteiger charge is -2.12. The molecule has 1 amide bonds. The van der Waals surface area contributed by atoms with E-state index in [9.17, 15) is 9.18 Å². The smallest absolute Gasteiger partial charge is 0.251 e. The fourth-order valence-corrected chi connectivity index (χ4v) is 2.72. The summed E-state index contributed by atoms with van der Waals surface area (Å²) in [5.74, 6) is 1.01. The van der Waals surface area contributed by atoms with Crippen LogP contribution in [-0.4, -0.2) is 18.2 Å². The quantitative estimate of drug-likeness (QED) is 0.668. The molecule has 6 nitrogen and oxygen atoms in total. The third-order valence-electron chi connectivity index (χ3n) is 4.32. The van der Waals surface area contributed by atoms with Crippen molar-refractivity contribution in [2.75, 3.05) is 7.11 Å². The number of nitrogens with zero attached hydrogens (tertiary/aromatic N) is 1. The Kier molecular flexibility index (Phi) is 5.93. The van der Waals surface area contributed by atoms with Crippen molar-refractivity contribution >= 4 is 5.91 Å². The summed E-state index contributed by atoms with van der Waals surface area (Å²) in [5.41, 5.74) is 2.74. The van der Waals surface area contributed by atoms with Gasteiger partial charge in [0, 0.05) is 12.1 Å². The van der Waals surface area contributed by atoms with Crippen molar-refractivity contribution in [3.8, 4) is 11.5 Å². The maximum Gasteiger partial charge on any atom is 0.251 e. The molecule has 2 aromatic carbocycles. The highest BCUT2D eigenvalue weighted by molar-refractivity contribution is 5.94. The second kappa shape index (κ2) is 8.56. The molecule has 3 rings (SSSR count). The minimum atomic E-state index is -0.340. The van der Waals surface area contributed by atoms with E-state index in [4.69, 9.17) is 14.0 Å². The maximum atomic E-state index is 13.2. The molecule has 0 fully saturated rings. The van der Waals surface area contributed by atoms with Crippen LogP contribution in [0.2, 0.25) is 0 Å². The third kappa shape index (κ3) is 4.49. The van der Waals surface area contributed by atoms with E-state index in [1.165, 1.54) is 19.2 Å². The Morgan fingerprint density at radius 2 is 2.00 bits per heavy atom. The number of carbonyl (C=O) groups is 1. The lowest BCUT2D eigenvalue weighted by Crippen LogP contribution is -2.22. The maximum absolute atomic E-state index is 13.2. The Bertz CT molecular complexity index is 965. The molecular weight excluding hydrogens is 363 g/mol. The summed E-state index contributed by atoms with van der Waals surface area (Å²) in [4.78, 5) is 12.4. The Balaban J connectivity index is 1.67. The predicted octanol–water partition coefficient (Wildman–Crippen LogP) is 3.95. The van der Waals surface area contributed by atoms with Crippen molar-refractivity contribution in [2.24, 2.45) is 0 Å². The zero-order chi connectivity index (χ0) is 20.1. The number of ether oxygens (including phenoxy) is 2. The Hall–Kier alpha value is -3.35. The van der Waals surface area contributed by atoms with E-state index in [1.54, 1.807) is 30.3 Å². The number of amides is 1. The normalized spacial score (nSPS) is 10.6. The van der Waals surface area contributed by atoms with Gasteiger partial charge in [0.2, 0.25) is 0 Å². The van der Waals surface area contributed by atoms with E-state index >= 15 is 0 Å². The van der Waals surface area contributed by atoms with E-state index in [2.05, 4.69) is 10.5 Å². The van der Waals surface area contributed by atoms with Gasteiger partial charge in [-0.05, 0) is 49.7 Å². The first-order valence-electron chi connectivity index (χ1n) is 8.73. The summed E-state index contributed by atoms with van der Waals surface area (Å²) in [6, 6.07) is 11.0. The largest absolute Gasteiger partial charge is 0.493 e. The Morgan fingerprint density at radius 3 is 2.68 bits per heavy atom. The number of hydrogen-bond donors (Lipinski definition) is 1. The SMILES string of the molecule is COc1cc(C(=O)NCc2cccc(F)c2)ccc1OCc1c(C)noc1C. The fourth-order valence-electron chi connectivity index (χ4n) is 2.72. The van der Waals surface area contributed by atoms with Crippen LogP contribution in [0.4, 0.5) is 4.39 Å². The molecule has 0 radical (unpaired) electrons. The molecule has 0 spiro atoms. The lowest BCUT2D eigenvalue weighted by atomic mass is 10.1. The summed E-state index contributed by atoms with van der Waals surface area (Å²) in [7, 11) is 1.51. The van der Waals surface area contributed by atoms with Crippen molar-refractivity contribution in [1.82, 2.24) is 10.5 Å². The molecular formula is C21H21FN2O4. The summed E-state index contributed by atoms with van der Waals surface area (Å²) < 4.78 is 29.5. The molecule has 1 N–H and O–H groups in total. The van der Waals surface area contributed by atoms with Crippen molar-refractivity contribution in [3.05, 3.63) is 76.4 Å². The van der Waals surface area contributed by atoms with E-state index < -0.39 is 0 Å². The van der Waals surface area contributed by atoms with Gasteiger partial charge in [0.1, 0.15) is 18.2 Å². The van der Waals surface area contributed by atoms with Crippen molar-refractivity contribution in [1.29, 1.82) is 0 Å². The highest BCUT2D eigenvalue weighted by atomic mass is 19.1. The van der Waals surface area contributed by atoms with Crippen molar-refractivity contribution in [2.45, 2.75) is 27.0 Å². The molecule has 0 aliphatic rings. The van der Waals surface area contributed by atoms with Gasteiger partial charge < -0.3 is 19.3 Å². The Morgan fingerprint density at radius 1 is 1.18 bits per heavy atom. The van der Waals surface area contributed by atoms with Crippen LogP contribution in [0, 0.1) is 19.7 Å². The van der Waals surface area contributed by atoms with Crippen LogP contribution in [-0.2, 0) is 13.2 Å². The first-order chi connectivity index (χ1) is 13.5. The van der Waals surface area contributed by atoms with Gasteiger partial charge in [0.05, 0.1) is 18.4 Å². The Labute approximate surface area is 162 Å². The predicted molar refractivity (Wildman–Crippen MR) is 101 cm³/mol. The molecule has 28 heavy (non-hydrogen) atoms. The number of nitrogens with one attached hydrogen (secondary N) is 1. The van der Waals surface area contributed by atoms with Crippen LogP contribution in [0.5, 0.6) is 11.5 Å². The van der Waals surface area contributed by atoms with Gasteiger partial charge in [-0.15, -0.1) is 0 Å². The molecule has 0 saturated carbocycles. The van der Waals surface area contributed by atoms with E-state index in [-0.39, 0.29) is 24.9 Å². The molecule has 3 aromatic rings. The average Bonchev–Trinajstić information content (AvgIpc) is 3.02. The summed E-state index contributed by atoms with van der Waals surface area (Å²) in [5, 5.41) is 6.66. The second-order valence-electron chi connectivity index (χ2n) is 6.27. The highest BCUT2D eigenvalue weighted by Crippen LogP contribution is 2.29. The van der Waals surface area contributed by atoms with Gasteiger partial charge in [-0.3, -0.25) is 4.79 Å². The number of halogens is 1. The monoisotopic (exact) mass is 384 g/mol. The van der Waals surface area contributed by atoms with Crippen LogP contribution in [0.15, 0.2) is 47.0 Å². The second-order valence-corrected chi connectivity index (χ2v) is 6.27. The first-order valence-corrected chi connectivity index (χ1v) is 8.73. The van der Waals surface area contributed by atoms with Crippen LogP contribution in [0.1, 0.15) is 32.9 Å². The summed E-state index contributed by atoms with van der Waals surface area (Å²) in [6.07, 6.45) is 0. The number of rotatable bonds is 7. The van der Waals surface area contributed by atoms with E-state index in [0.29, 0.717) is 28.4 Å². The first kappa shape index (κ1) is 19.4. The molecule has 146 valence electrons. The number of carbonyl (C=O) groups excluding carboxylic acids is 1. The van der Waals surface area contributed by atoms with Gasteiger partial charge >= 0.3 is 0 Å². The molecule has 0 bridgehead atoms. The molecule has 0 aliphatic heterocycles. The van der Waals surface area contributed by atoms with Crippen molar-refractivity contribution < 1.29 is 23.2 Å². The van der Waals surface area contributed by atoms with Gasteiger partial charge in [-0.25, -0.2) is 4.39 Å². The van der Waals surface area contributed by atoms with Crippen LogP contribution < -0.4 is 14.8 Å². The average molecular weight is 384 g/mol. The van der Waals surface area contributed by atoms with Gasteiger partial charge in [-0.1, -0.05) is 17.3 Å². The molecule has 0 unspecified atom stereocenters. The standard InChI is InChI=1S/C21H21FN2O4/c1-13-18(14(2)28-24-13)12-27-19-8-7-16(10-20(19)26-3)21(25)23-11-15-5-4-6-17(22)9-15/h4-10H,11-12H2,1-3H3,(H,23,25). The molecule has 1 aromatic heterocycles. The number of hydrogen-bond acceptors (Lipinski definition) is 5. The highest BCUT2D eigenvalue weighted by Gasteiger charge is 2.14. The molecule has 7 heteroatoms. The van der Waals surface area contributed by atoms with Crippen LogP contribution >= 0.6 is 0 Å². The molecule has 0 aliphatic carbocycles. The summed E-state index contributed by atoms with van der Waals surface area (Å²) >= 11 is 0. The lowest BCUT2D eigenvalue weighted by molar-refractivity contribution is 0.0950. The number of methoxy groups -OCH3 is 1. The van der Waals surface area contributed by atoms with Crippen LogP contribution in [0.25, 0.3) is 0 Å². The van der Waals surface area contributed by atoms with E-state index in [1.807, 2.05) is 13.8 Å².